The second-order valence-corrected chi connectivity index (χ2v) is 5.78. The summed E-state index contributed by atoms with van der Waals surface area (Å²) in [5.41, 5.74) is 0.676. The van der Waals surface area contributed by atoms with E-state index in [1.807, 2.05) is 6.07 Å². The maximum atomic E-state index is 12.3. The molecule has 2 rings (SSSR count). The molecular formula is C12H13BrCl2N2O. The van der Waals surface area contributed by atoms with Crippen LogP contribution in [0.2, 0.25) is 10.0 Å². The van der Waals surface area contributed by atoms with Crippen molar-refractivity contribution < 1.29 is 4.79 Å². The summed E-state index contributed by atoms with van der Waals surface area (Å²) < 4.78 is 0.729. The minimum Gasteiger partial charge on any atom is -0.310 e. The van der Waals surface area contributed by atoms with Crippen molar-refractivity contribution in [3.8, 4) is 0 Å². The monoisotopic (exact) mass is 350 g/mol. The largest absolute Gasteiger partial charge is 0.310 e. The first kappa shape index (κ1) is 14.1. The number of nitrogens with zero attached hydrogens (tertiary/aromatic N) is 1. The molecule has 3 nitrogen and oxygen atoms in total. The second kappa shape index (κ2) is 5.78. The van der Waals surface area contributed by atoms with E-state index >= 15 is 0 Å². The fourth-order valence-electron chi connectivity index (χ4n) is 2.11. The standard InChI is InChI=1S/C12H13BrCl2N2O/c1-16-8-3-2-6-17(12(8)18)9-5-4-7(13)10(14)11(9)15/h4-5,8,16H,2-3,6H2,1H3. The Morgan fingerprint density at radius 2 is 2.11 bits per heavy atom. The summed E-state index contributed by atoms with van der Waals surface area (Å²) in [5, 5.41) is 3.87. The number of halogens is 3. The van der Waals surface area contributed by atoms with E-state index in [4.69, 9.17) is 23.2 Å². The average Bonchev–Trinajstić information content (AvgIpc) is 2.37. The zero-order chi connectivity index (χ0) is 13.3. The van der Waals surface area contributed by atoms with Gasteiger partial charge in [0.1, 0.15) is 0 Å². The van der Waals surface area contributed by atoms with E-state index < -0.39 is 0 Å². The van der Waals surface area contributed by atoms with E-state index in [1.165, 1.54) is 0 Å². The van der Waals surface area contributed by atoms with Gasteiger partial charge in [0.25, 0.3) is 0 Å². The van der Waals surface area contributed by atoms with E-state index in [-0.39, 0.29) is 11.9 Å². The summed E-state index contributed by atoms with van der Waals surface area (Å²) >= 11 is 15.6. The molecule has 1 saturated heterocycles. The van der Waals surface area contributed by atoms with Crippen molar-refractivity contribution in [1.29, 1.82) is 0 Å². The molecule has 1 atom stereocenters. The van der Waals surface area contributed by atoms with Crippen LogP contribution in [0, 0.1) is 0 Å². The Balaban J connectivity index is 2.37. The molecule has 1 N–H and O–H groups in total. The van der Waals surface area contributed by atoms with Gasteiger partial charge in [0.15, 0.2) is 0 Å². The molecule has 1 aliphatic heterocycles. The Bertz CT molecular complexity index is 481. The number of carbonyl (C=O) groups excluding carboxylic acids is 1. The van der Waals surface area contributed by atoms with Gasteiger partial charge in [0.2, 0.25) is 5.91 Å². The van der Waals surface area contributed by atoms with E-state index in [9.17, 15) is 4.79 Å². The van der Waals surface area contributed by atoms with Crippen LogP contribution in [0.1, 0.15) is 12.8 Å². The lowest BCUT2D eigenvalue weighted by Gasteiger charge is -2.32. The summed E-state index contributed by atoms with van der Waals surface area (Å²) in [6.07, 6.45) is 1.80. The van der Waals surface area contributed by atoms with Gasteiger partial charge in [-0.3, -0.25) is 4.79 Å². The van der Waals surface area contributed by atoms with Gasteiger partial charge in [-0.15, -0.1) is 0 Å². The maximum Gasteiger partial charge on any atom is 0.244 e. The first-order valence-electron chi connectivity index (χ1n) is 5.68. The third-order valence-corrected chi connectivity index (χ3v) is 4.85. The molecule has 1 aromatic carbocycles. The molecule has 1 unspecified atom stereocenters. The number of hydrogen-bond acceptors (Lipinski definition) is 2. The van der Waals surface area contributed by atoms with Crippen molar-refractivity contribution >= 4 is 50.7 Å². The molecule has 1 aromatic rings. The molecular weight excluding hydrogens is 339 g/mol. The lowest BCUT2D eigenvalue weighted by molar-refractivity contribution is -0.121. The fourth-order valence-corrected chi connectivity index (χ4v) is 2.98. The smallest absolute Gasteiger partial charge is 0.244 e. The first-order valence-corrected chi connectivity index (χ1v) is 7.23. The molecule has 1 aliphatic rings. The van der Waals surface area contributed by atoms with Gasteiger partial charge in [0.05, 0.1) is 21.8 Å². The van der Waals surface area contributed by atoms with Crippen molar-refractivity contribution in [2.24, 2.45) is 0 Å². The average molecular weight is 352 g/mol. The number of benzene rings is 1. The van der Waals surface area contributed by atoms with Crippen LogP contribution in [-0.4, -0.2) is 25.5 Å². The number of amides is 1. The lowest BCUT2D eigenvalue weighted by Crippen LogP contribution is -2.49. The molecule has 0 saturated carbocycles. The van der Waals surface area contributed by atoms with Crippen molar-refractivity contribution in [2.45, 2.75) is 18.9 Å². The van der Waals surface area contributed by atoms with Crippen LogP contribution in [0.4, 0.5) is 5.69 Å². The lowest BCUT2D eigenvalue weighted by atomic mass is 10.0. The van der Waals surface area contributed by atoms with Gasteiger partial charge in [-0.25, -0.2) is 0 Å². The highest BCUT2D eigenvalue weighted by Gasteiger charge is 2.30. The van der Waals surface area contributed by atoms with Crippen molar-refractivity contribution in [2.75, 3.05) is 18.5 Å². The SMILES string of the molecule is CNC1CCCN(c2ccc(Br)c(Cl)c2Cl)C1=O. The molecule has 0 aromatic heterocycles. The van der Waals surface area contributed by atoms with Gasteiger partial charge in [-0.05, 0) is 48.0 Å². The van der Waals surface area contributed by atoms with Crippen LogP contribution in [0.25, 0.3) is 0 Å². The fraction of sp³-hybridized carbons (Fsp3) is 0.417. The molecule has 0 bridgehead atoms. The van der Waals surface area contributed by atoms with Crippen molar-refractivity contribution in [3.05, 3.63) is 26.7 Å². The number of nitrogens with one attached hydrogen (secondary N) is 1. The number of likely N-dealkylation sites (N-methyl/N-ethyl adjacent to an activating group) is 1. The molecule has 1 fully saturated rings. The zero-order valence-corrected chi connectivity index (χ0v) is 12.9. The molecule has 0 aliphatic carbocycles. The second-order valence-electron chi connectivity index (χ2n) is 4.17. The minimum atomic E-state index is -0.141. The summed E-state index contributed by atoms with van der Waals surface area (Å²) in [5.74, 6) is 0.0454. The van der Waals surface area contributed by atoms with Gasteiger partial charge in [-0.1, -0.05) is 23.2 Å². The Hall–Kier alpha value is -0.290. The van der Waals surface area contributed by atoms with Gasteiger partial charge in [0, 0.05) is 11.0 Å². The van der Waals surface area contributed by atoms with Crippen LogP contribution in [0.5, 0.6) is 0 Å². The highest BCUT2D eigenvalue weighted by molar-refractivity contribution is 9.10. The highest BCUT2D eigenvalue weighted by atomic mass is 79.9. The zero-order valence-electron chi connectivity index (χ0n) is 9.84. The van der Waals surface area contributed by atoms with Gasteiger partial charge in [-0.2, -0.15) is 0 Å². The Morgan fingerprint density at radius 3 is 2.78 bits per heavy atom. The molecule has 0 spiro atoms. The highest BCUT2D eigenvalue weighted by Crippen LogP contribution is 2.38. The predicted octanol–water partition coefficient (Wildman–Crippen LogP) is 3.47. The summed E-state index contributed by atoms with van der Waals surface area (Å²) in [7, 11) is 1.79. The van der Waals surface area contributed by atoms with Crippen molar-refractivity contribution in [1.82, 2.24) is 5.32 Å². The summed E-state index contributed by atoms with van der Waals surface area (Å²) in [6.45, 7) is 0.675. The Labute approximate surface area is 125 Å². The van der Waals surface area contributed by atoms with Gasteiger partial charge < -0.3 is 10.2 Å². The molecule has 1 heterocycles. The number of hydrogen-bond donors (Lipinski definition) is 1. The van der Waals surface area contributed by atoms with Crippen LogP contribution >= 0.6 is 39.1 Å². The normalized spacial score (nSPS) is 20.3. The summed E-state index contributed by atoms with van der Waals surface area (Å²) in [6, 6.07) is 3.48. The predicted molar refractivity (Wildman–Crippen MR) is 78.6 cm³/mol. The van der Waals surface area contributed by atoms with E-state index in [1.54, 1.807) is 18.0 Å². The van der Waals surface area contributed by atoms with Crippen LogP contribution in [-0.2, 0) is 4.79 Å². The van der Waals surface area contributed by atoms with Gasteiger partial charge >= 0.3 is 0 Å². The topological polar surface area (TPSA) is 32.3 Å². The molecule has 1 amide bonds. The first-order chi connectivity index (χ1) is 8.56. The van der Waals surface area contributed by atoms with E-state index in [0.717, 1.165) is 17.3 Å². The molecule has 18 heavy (non-hydrogen) atoms. The minimum absolute atomic E-state index is 0.0454. The molecule has 0 radical (unpaired) electrons. The molecule has 6 heteroatoms. The quantitative estimate of drug-likeness (QED) is 0.827. The molecule has 98 valence electrons. The Kier molecular flexibility index (Phi) is 4.54. The van der Waals surface area contributed by atoms with E-state index in [0.29, 0.717) is 22.3 Å². The number of piperidine rings is 1. The number of carbonyl (C=O) groups is 1. The third kappa shape index (κ3) is 2.52. The van der Waals surface area contributed by atoms with Crippen LogP contribution in [0.3, 0.4) is 0 Å². The van der Waals surface area contributed by atoms with Crippen molar-refractivity contribution in [3.63, 3.8) is 0 Å². The van der Waals surface area contributed by atoms with Crippen LogP contribution in [0.15, 0.2) is 16.6 Å². The van der Waals surface area contributed by atoms with Crippen LogP contribution < -0.4 is 10.2 Å². The van der Waals surface area contributed by atoms with E-state index in [2.05, 4.69) is 21.2 Å². The Morgan fingerprint density at radius 1 is 1.39 bits per heavy atom. The number of rotatable bonds is 2. The maximum absolute atomic E-state index is 12.3. The summed E-state index contributed by atoms with van der Waals surface area (Å²) in [4.78, 5) is 14.0. The third-order valence-electron chi connectivity index (χ3n) is 3.09. The number of anilines is 1.